The van der Waals surface area contributed by atoms with Crippen molar-refractivity contribution in [2.45, 2.75) is 44.7 Å². The van der Waals surface area contributed by atoms with Gasteiger partial charge in [-0.15, -0.1) is 0 Å². The van der Waals surface area contributed by atoms with Gasteiger partial charge in [0.05, 0.1) is 11.4 Å². The first-order valence-electron chi connectivity index (χ1n) is 8.60. The Balaban J connectivity index is 2.34. The predicted octanol–water partition coefficient (Wildman–Crippen LogP) is 3.24. The molecule has 1 N–H and O–H groups in total. The van der Waals surface area contributed by atoms with Crippen LogP contribution in [0.2, 0.25) is 0 Å². The molecule has 0 aromatic heterocycles. The fourth-order valence-electron chi connectivity index (χ4n) is 2.50. The Morgan fingerprint density at radius 2 is 1.59 bits per heavy atom. The Hall–Kier alpha value is -2.25. The van der Waals surface area contributed by atoms with Crippen molar-refractivity contribution in [1.29, 1.82) is 0 Å². The molecule has 0 saturated heterocycles. The molecule has 0 heterocycles. The number of halogens is 1. The summed E-state index contributed by atoms with van der Waals surface area (Å²) in [6.45, 7) is 6.97. The van der Waals surface area contributed by atoms with Gasteiger partial charge in [-0.2, -0.15) is 4.31 Å². The van der Waals surface area contributed by atoms with Crippen LogP contribution in [-0.2, 0) is 21.4 Å². The molecule has 7 heteroatoms. The number of nitrogens with one attached hydrogen (secondary N) is 1. The first kappa shape index (κ1) is 21.1. The summed E-state index contributed by atoms with van der Waals surface area (Å²) in [5.74, 6) is -0.808. The molecule has 0 unspecified atom stereocenters. The number of carbonyl (C=O) groups is 1. The van der Waals surface area contributed by atoms with Gasteiger partial charge in [0.15, 0.2) is 0 Å². The van der Waals surface area contributed by atoms with Gasteiger partial charge in [0.2, 0.25) is 15.9 Å². The maximum atomic E-state index is 13.2. The Kier molecular flexibility index (Phi) is 6.38. The second-order valence-corrected chi connectivity index (χ2v) is 9.45. The number of amides is 1. The summed E-state index contributed by atoms with van der Waals surface area (Å²) in [5, 5.41) is 2.77. The third kappa shape index (κ3) is 6.15. The van der Waals surface area contributed by atoms with Gasteiger partial charge in [-0.25, -0.2) is 12.8 Å². The molecule has 146 valence electrons. The molecule has 2 aromatic rings. The van der Waals surface area contributed by atoms with E-state index in [1.165, 1.54) is 36.4 Å². The molecule has 2 aromatic carbocycles. The van der Waals surface area contributed by atoms with E-state index in [1.54, 1.807) is 12.1 Å². The van der Waals surface area contributed by atoms with E-state index in [0.717, 1.165) is 9.87 Å². The fourth-order valence-corrected chi connectivity index (χ4v) is 3.88. The Morgan fingerprint density at radius 1 is 1.04 bits per heavy atom. The van der Waals surface area contributed by atoms with Crippen LogP contribution < -0.4 is 5.32 Å². The molecule has 2 rings (SSSR count). The third-order valence-electron chi connectivity index (χ3n) is 3.77. The van der Waals surface area contributed by atoms with E-state index in [4.69, 9.17) is 0 Å². The van der Waals surface area contributed by atoms with Crippen molar-refractivity contribution in [1.82, 2.24) is 9.62 Å². The first-order chi connectivity index (χ1) is 12.5. The summed E-state index contributed by atoms with van der Waals surface area (Å²) in [5.41, 5.74) is 1.05. The van der Waals surface area contributed by atoms with Crippen molar-refractivity contribution in [2.24, 2.45) is 0 Å². The number of hydrogen-bond donors (Lipinski definition) is 1. The summed E-state index contributed by atoms with van der Waals surface area (Å²) in [7, 11) is -3.90. The van der Waals surface area contributed by atoms with Crippen molar-refractivity contribution in [3.05, 3.63) is 65.5 Å². The molecule has 0 atom stereocenters. The molecule has 0 saturated carbocycles. The summed E-state index contributed by atoms with van der Waals surface area (Å²) in [4.78, 5) is 12.5. The van der Waals surface area contributed by atoms with Crippen LogP contribution in [0.5, 0.6) is 0 Å². The normalized spacial score (nSPS) is 12.2. The van der Waals surface area contributed by atoms with Crippen LogP contribution in [0.15, 0.2) is 53.4 Å². The van der Waals surface area contributed by atoms with Crippen LogP contribution in [-0.4, -0.2) is 30.7 Å². The lowest BCUT2D eigenvalue weighted by Gasteiger charge is -2.25. The Bertz CT molecular complexity index is 886. The van der Waals surface area contributed by atoms with Crippen molar-refractivity contribution >= 4 is 15.9 Å². The Labute approximate surface area is 160 Å². The van der Waals surface area contributed by atoms with Gasteiger partial charge in [-0.1, -0.05) is 29.8 Å². The summed E-state index contributed by atoms with van der Waals surface area (Å²) in [6, 6.07) is 12.0. The SMILES string of the molecule is Cc1ccc(S(=O)(=O)N(CC(=O)NC(C)(C)C)Cc2ccc(F)cc2)cc1. The highest BCUT2D eigenvalue weighted by Gasteiger charge is 2.28. The minimum absolute atomic E-state index is 0.0337. The summed E-state index contributed by atoms with van der Waals surface area (Å²) >= 11 is 0. The zero-order valence-corrected chi connectivity index (χ0v) is 16.8. The topological polar surface area (TPSA) is 66.5 Å². The van der Waals surface area contributed by atoms with Gasteiger partial charge in [0, 0.05) is 12.1 Å². The predicted molar refractivity (Wildman–Crippen MR) is 103 cm³/mol. The highest BCUT2D eigenvalue weighted by atomic mass is 32.2. The van der Waals surface area contributed by atoms with Crippen molar-refractivity contribution in [2.75, 3.05) is 6.54 Å². The lowest BCUT2D eigenvalue weighted by atomic mass is 10.1. The third-order valence-corrected chi connectivity index (χ3v) is 5.57. The average Bonchev–Trinajstić information content (AvgIpc) is 2.55. The largest absolute Gasteiger partial charge is 0.350 e. The summed E-state index contributed by atoms with van der Waals surface area (Å²) in [6.07, 6.45) is 0. The standard InChI is InChI=1S/C20H25FN2O3S/c1-15-5-11-18(12-6-15)27(25,26)23(14-19(24)22-20(2,3)4)13-16-7-9-17(21)10-8-16/h5-12H,13-14H2,1-4H3,(H,22,24). The van der Waals surface area contributed by atoms with Gasteiger partial charge >= 0.3 is 0 Å². The van der Waals surface area contributed by atoms with Gasteiger partial charge < -0.3 is 5.32 Å². The molecule has 5 nitrogen and oxygen atoms in total. The monoisotopic (exact) mass is 392 g/mol. The number of sulfonamides is 1. The zero-order chi connectivity index (χ0) is 20.2. The molecule has 0 spiro atoms. The van der Waals surface area contributed by atoms with Crippen molar-refractivity contribution < 1.29 is 17.6 Å². The molecule has 0 aliphatic heterocycles. The minimum atomic E-state index is -3.90. The number of hydrogen-bond acceptors (Lipinski definition) is 3. The van der Waals surface area contributed by atoms with Crippen LogP contribution in [0.1, 0.15) is 31.9 Å². The quantitative estimate of drug-likeness (QED) is 0.821. The van der Waals surface area contributed by atoms with E-state index in [1.807, 2.05) is 27.7 Å². The zero-order valence-electron chi connectivity index (χ0n) is 16.0. The van der Waals surface area contributed by atoms with Gasteiger partial charge in [0.1, 0.15) is 5.82 Å². The second kappa shape index (κ2) is 8.19. The van der Waals surface area contributed by atoms with E-state index in [9.17, 15) is 17.6 Å². The van der Waals surface area contributed by atoms with Crippen LogP contribution in [0.4, 0.5) is 4.39 Å². The molecular formula is C20H25FN2O3S. The van der Waals surface area contributed by atoms with E-state index >= 15 is 0 Å². The lowest BCUT2D eigenvalue weighted by molar-refractivity contribution is -0.122. The molecule has 0 aliphatic carbocycles. The molecule has 0 aliphatic rings. The van der Waals surface area contributed by atoms with E-state index in [0.29, 0.717) is 5.56 Å². The Morgan fingerprint density at radius 3 is 2.11 bits per heavy atom. The molecule has 27 heavy (non-hydrogen) atoms. The highest BCUT2D eigenvalue weighted by molar-refractivity contribution is 7.89. The van der Waals surface area contributed by atoms with Crippen LogP contribution >= 0.6 is 0 Å². The van der Waals surface area contributed by atoms with E-state index in [2.05, 4.69) is 5.32 Å². The molecule has 1 amide bonds. The second-order valence-electron chi connectivity index (χ2n) is 7.51. The van der Waals surface area contributed by atoms with Crippen molar-refractivity contribution in [3.63, 3.8) is 0 Å². The molecule has 0 bridgehead atoms. The fraction of sp³-hybridized carbons (Fsp3) is 0.350. The highest BCUT2D eigenvalue weighted by Crippen LogP contribution is 2.19. The van der Waals surface area contributed by atoms with Gasteiger partial charge in [-0.3, -0.25) is 4.79 Å². The number of rotatable bonds is 6. The first-order valence-corrected chi connectivity index (χ1v) is 10.0. The van der Waals surface area contributed by atoms with Gasteiger partial charge in [-0.05, 0) is 57.5 Å². The van der Waals surface area contributed by atoms with Crippen LogP contribution in [0.25, 0.3) is 0 Å². The lowest BCUT2D eigenvalue weighted by Crippen LogP contribution is -2.47. The maximum absolute atomic E-state index is 13.2. The van der Waals surface area contributed by atoms with E-state index in [-0.39, 0.29) is 18.0 Å². The van der Waals surface area contributed by atoms with Crippen LogP contribution in [0.3, 0.4) is 0 Å². The number of aryl methyl sites for hydroxylation is 1. The van der Waals surface area contributed by atoms with Crippen LogP contribution in [0, 0.1) is 12.7 Å². The molecule has 0 fully saturated rings. The maximum Gasteiger partial charge on any atom is 0.243 e. The molecule has 0 radical (unpaired) electrons. The molecular weight excluding hydrogens is 367 g/mol. The van der Waals surface area contributed by atoms with Gasteiger partial charge in [0.25, 0.3) is 0 Å². The minimum Gasteiger partial charge on any atom is -0.350 e. The average molecular weight is 392 g/mol. The smallest absolute Gasteiger partial charge is 0.243 e. The number of carbonyl (C=O) groups excluding carboxylic acids is 1. The number of nitrogens with zero attached hydrogens (tertiary/aromatic N) is 1. The number of benzene rings is 2. The van der Waals surface area contributed by atoms with E-state index < -0.39 is 27.3 Å². The summed E-state index contributed by atoms with van der Waals surface area (Å²) < 4.78 is 40.4. The van der Waals surface area contributed by atoms with Crippen molar-refractivity contribution in [3.8, 4) is 0 Å².